The molecule has 1 aromatic heterocycles. The molecular formula is C19H24N4O3. The first kappa shape index (κ1) is 18.0. The number of ether oxygens (including phenoxy) is 1. The molecule has 138 valence electrons. The average molecular weight is 356 g/mol. The van der Waals surface area contributed by atoms with Gasteiger partial charge in [-0.05, 0) is 30.2 Å². The van der Waals surface area contributed by atoms with Crippen molar-refractivity contribution >= 4 is 11.8 Å². The Morgan fingerprint density at radius 3 is 2.62 bits per heavy atom. The van der Waals surface area contributed by atoms with E-state index in [9.17, 15) is 9.59 Å². The summed E-state index contributed by atoms with van der Waals surface area (Å²) in [5, 5.41) is 4.17. The Hall–Kier alpha value is -2.83. The highest BCUT2D eigenvalue weighted by Gasteiger charge is 2.31. The smallest absolute Gasteiger partial charge is 0.247 e. The summed E-state index contributed by atoms with van der Waals surface area (Å²) in [7, 11) is 1.63. The highest BCUT2D eigenvalue weighted by atomic mass is 16.5. The van der Waals surface area contributed by atoms with Gasteiger partial charge in [0.1, 0.15) is 11.8 Å². The average Bonchev–Trinajstić information content (AvgIpc) is 3.19. The van der Waals surface area contributed by atoms with E-state index < -0.39 is 0 Å². The minimum Gasteiger partial charge on any atom is -0.497 e. The largest absolute Gasteiger partial charge is 0.497 e. The molecule has 1 aromatic carbocycles. The van der Waals surface area contributed by atoms with Gasteiger partial charge in [0.2, 0.25) is 11.8 Å². The third-order valence-electron chi connectivity index (χ3n) is 4.68. The van der Waals surface area contributed by atoms with Crippen LogP contribution >= 0.6 is 0 Å². The standard InChI is InChI=1S/C19H24N4O3/c1-3-17(23-10-4-9-20-23)19(25)22-12-11-21(18(24)14-22)13-15-5-7-16(26-2)8-6-15/h4-10,17H,3,11-14H2,1-2H3. The lowest BCUT2D eigenvalue weighted by Crippen LogP contribution is -2.53. The quantitative estimate of drug-likeness (QED) is 0.790. The van der Waals surface area contributed by atoms with E-state index >= 15 is 0 Å². The molecule has 3 rings (SSSR count). The minimum atomic E-state index is -0.356. The Bertz CT molecular complexity index is 743. The summed E-state index contributed by atoms with van der Waals surface area (Å²) in [5.74, 6) is 0.712. The number of hydrogen-bond donors (Lipinski definition) is 0. The first-order valence-electron chi connectivity index (χ1n) is 8.81. The van der Waals surface area contributed by atoms with Crippen LogP contribution in [0.3, 0.4) is 0 Å². The summed E-state index contributed by atoms with van der Waals surface area (Å²) >= 11 is 0. The number of hydrogen-bond acceptors (Lipinski definition) is 4. The van der Waals surface area contributed by atoms with Gasteiger partial charge in [-0.3, -0.25) is 14.3 Å². The van der Waals surface area contributed by atoms with Gasteiger partial charge in [0.15, 0.2) is 0 Å². The molecule has 2 aromatic rings. The fourth-order valence-electron chi connectivity index (χ4n) is 3.17. The van der Waals surface area contributed by atoms with Gasteiger partial charge in [-0.15, -0.1) is 0 Å². The maximum absolute atomic E-state index is 12.8. The van der Waals surface area contributed by atoms with Crippen LogP contribution in [0.4, 0.5) is 0 Å². The van der Waals surface area contributed by atoms with Crippen LogP contribution in [0, 0.1) is 0 Å². The highest BCUT2D eigenvalue weighted by Crippen LogP contribution is 2.18. The van der Waals surface area contributed by atoms with Crippen molar-refractivity contribution in [2.24, 2.45) is 0 Å². The maximum atomic E-state index is 12.8. The van der Waals surface area contributed by atoms with Crippen LogP contribution < -0.4 is 4.74 Å². The van der Waals surface area contributed by atoms with E-state index in [-0.39, 0.29) is 24.4 Å². The van der Waals surface area contributed by atoms with E-state index in [0.29, 0.717) is 26.1 Å². The number of amides is 2. The molecule has 0 aliphatic carbocycles. The number of nitrogens with zero attached hydrogens (tertiary/aromatic N) is 4. The fourth-order valence-corrected chi connectivity index (χ4v) is 3.17. The molecule has 1 atom stereocenters. The van der Waals surface area contributed by atoms with E-state index in [4.69, 9.17) is 4.74 Å². The molecule has 0 spiro atoms. The van der Waals surface area contributed by atoms with E-state index in [0.717, 1.165) is 11.3 Å². The van der Waals surface area contributed by atoms with Gasteiger partial charge in [0.25, 0.3) is 0 Å². The summed E-state index contributed by atoms with van der Waals surface area (Å²) in [5.41, 5.74) is 1.04. The van der Waals surface area contributed by atoms with Crippen molar-refractivity contribution < 1.29 is 14.3 Å². The summed E-state index contributed by atoms with van der Waals surface area (Å²) in [4.78, 5) is 28.7. The van der Waals surface area contributed by atoms with Gasteiger partial charge in [0, 0.05) is 32.0 Å². The van der Waals surface area contributed by atoms with Gasteiger partial charge in [-0.2, -0.15) is 5.10 Å². The lowest BCUT2D eigenvalue weighted by atomic mass is 10.1. The molecular weight excluding hydrogens is 332 g/mol. The van der Waals surface area contributed by atoms with Crippen molar-refractivity contribution in [3.05, 3.63) is 48.3 Å². The van der Waals surface area contributed by atoms with E-state index in [1.54, 1.807) is 40.1 Å². The normalized spacial score (nSPS) is 15.8. The van der Waals surface area contributed by atoms with Crippen molar-refractivity contribution in [2.75, 3.05) is 26.7 Å². The zero-order valence-electron chi connectivity index (χ0n) is 15.2. The number of methoxy groups -OCH3 is 1. The van der Waals surface area contributed by atoms with Crippen molar-refractivity contribution in [1.82, 2.24) is 19.6 Å². The fraction of sp³-hybridized carbons (Fsp3) is 0.421. The van der Waals surface area contributed by atoms with Crippen molar-refractivity contribution in [3.8, 4) is 5.75 Å². The molecule has 26 heavy (non-hydrogen) atoms. The van der Waals surface area contributed by atoms with Crippen molar-refractivity contribution in [3.63, 3.8) is 0 Å². The Kier molecular flexibility index (Phi) is 5.55. The second-order valence-electron chi connectivity index (χ2n) is 6.33. The SMILES string of the molecule is CCC(C(=O)N1CCN(Cc2ccc(OC)cc2)C(=O)C1)n1cccn1. The van der Waals surface area contributed by atoms with Crippen LogP contribution in [0.5, 0.6) is 5.75 Å². The lowest BCUT2D eigenvalue weighted by Gasteiger charge is -2.36. The van der Waals surface area contributed by atoms with Crippen molar-refractivity contribution in [1.29, 1.82) is 0 Å². The molecule has 1 aliphatic rings. The summed E-state index contributed by atoms with van der Waals surface area (Å²) in [6.45, 7) is 3.69. The number of rotatable bonds is 6. The molecule has 0 bridgehead atoms. The maximum Gasteiger partial charge on any atom is 0.247 e. The number of benzene rings is 1. The Balaban J connectivity index is 1.60. The highest BCUT2D eigenvalue weighted by molar-refractivity contribution is 5.87. The molecule has 1 fully saturated rings. The zero-order valence-corrected chi connectivity index (χ0v) is 15.2. The summed E-state index contributed by atoms with van der Waals surface area (Å²) < 4.78 is 6.82. The Labute approximate surface area is 153 Å². The molecule has 2 heterocycles. The van der Waals surface area contributed by atoms with E-state index in [1.165, 1.54) is 0 Å². The minimum absolute atomic E-state index is 0.0317. The molecule has 7 nitrogen and oxygen atoms in total. The summed E-state index contributed by atoms with van der Waals surface area (Å²) in [6.07, 6.45) is 4.09. The van der Waals surface area contributed by atoms with Crippen LogP contribution in [-0.2, 0) is 16.1 Å². The Morgan fingerprint density at radius 2 is 2.04 bits per heavy atom. The molecule has 0 N–H and O–H groups in total. The topological polar surface area (TPSA) is 67.7 Å². The molecule has 2 amide bonds. The first-order chi connectivity index (χ1) is 12.6. The number of aromatic nitrogens is 2. The molecule has 7 heteroatoms. The second-order valence-corrected chi connectivity index (χ2v) is 6.33. The van der Waals surface area contributed by atoms with Crippen LogP contribution in [0.15, 0.2) is 42.7 Å². The summed E-state index contributed by atoms with van der Waals surface area (Å²) in [6, 6.07) is 9.12. The van der Waals surface area contributed by atoms with Crippen LogP contribution in [-0.4, -0.2) is 58.1 Å². The number of carbonyl (C=O) groups excluding carboxylic acids is 2. The van der Waals surface area contributed by atoms with Gasteiger partial charge in [-0.1, -0.05) is 19.1 Å². The number of piperazine rings is 1. The molecule has 1 aliphatic heterocycles. The first-order valence-corrected chi connectivity index (χ1v) is 8.81. The van der Waals surface area contributed by atoms with Gasteiger partial charge in [0.05, 0.1) is 13.7 Å². The van der Waals surface area contributed by atoms with Gasteiger partial charge >= 0.3 is 0 Å². The van der Waals surface area contributed by atoms with E-state index in [2.05, 4.69) is 5.10 Å². The molecule has 0 radical (unpaired) electrons. The zero-order chi connectivity index (χ0) is 18.5. The van der Waals surface area contributed by atoms with Gasteiger partial charge in [-0.25, -0.2) is 0 Å². The predicted molar refractivity (Wildman–Crippen MR) is 96.5 cm³/mol. The third kappa shape index (κ3) is 3.87. The number of carbonyl (C=O) groups is 2. The molecule has 0 saturated carbocycles. The third-order valence-corrected chi connectivity index (χ3v) is 4.68. The lowest BCUT2D eigenvalue weighted by molar-refractivity contribution is -0.147. The molecule has 1 unspecified atom stereocenters. The van der Waals surface area contributed by atoms with Crippen LogP contribution in [0.2, 0.25) is 0 Å². The Morgan fingerprint density at radius 1 is 1.27 bits per heavy atom. The van der Waals surface area contributed by atoms with Gasteiger partial charge < -0.3 is 14.5 Å². The monoisotopic (exact) mass is 356 g/mol. The predicted octanol–water partition coefficient (Wildman–Crippen LogP) is 1.71. The van der Waals surface area contributed by atoms with E-state index in [1.807, 2.05) is 31.2 Å². The van der Waals surface area contributed by atoms with Crippen LogP contribution in [0.1, 0.15) is 24.9 Å². The van der Waals surface area contributed by atoms with Crippen molar-refractivity contribution in [2.45, 2.75) is 25.9 Å². The second kappa shape index (κ2) is 8.03. The molecule has 1 saturated heterocycles. The van der Waals surface area contributed by atoms with Crippen LogP contribution in [0.25, 0.3) is 0 Å².